The number of aromatic nitrogens is 2. The average Bonchev–Trinajstić information content (AvgIpc) is 2.30. The predicted molar refractivity (Wildman–Crippen MR) is 70.1 cm³/mol. The summed E-state index contributed by atoms with van der Waals surface area (Å²) in [5.74, 6) is 0. The molecule has 0 saturated heterocycles. The Balaban J connectivity index is 2.53. The van der Waals surface area contributed by atoms with Crippen LogP contribution >= 0.6 is 12.6 Å². The highest BCUT2D eigenvalue weighted by Crippen LogP contribution is 2.26. The van der Waals surface area contributed by atoms with Crippen molar-refractivity contribution in [3.05, 3.63) is 26.4 Å². The smallest absolute Gasteiger partial charge is 0.302 e. The van der Waals surface area contributed by atoms with Crippen molar-refractivity contribution in [3.8, 4) is 0 Å². The molecule has 94 valence electrons. The first kappa shape index (κ1) is 12.5. The number of thiol groups is 1. The second kappa shape index (κ2) is 5.12. The third-order valence-electron chi connectivity index (χ3n) is 3.50. The highest BCUT2D eigenvalue weighted by Gasteiger charge is 2.20. The van der Waals surface area contributed by atoms with Crippen LogP contribution in [0, 0.1) is 0 Å². The number of nitrogens with one attached hydrogen (secondary N) is 1. The molecule has 0 amide bonds. The Labute approximate surface area is 105 Å². The number of H-pyrrole nitrogens is 1. The van der Waals surface area contributed by atoms with Crippen molar-refractivity contribution in [1.29, 1.82) is 0 Å². The predicted octanol–water partition coefficient (Wildman–Crippen LogP) is 1.89. The quantitative estimate of drug-likeness (QED) is 0.625. The summed E-state index contributed by atoms with van der Waals surface area (Å²) in [7, 11) is 0. The summed E-state index contributed by atoms with van der Waals surface area (Å²) < 4.78 is 1.40. The molecule has 0 unspecified atom stereocenters. The van der Waals surface area contributed by atoms with E-state index in [0.29, 0.717) is 17.0 Å². The molecule has 1 N–H and O–H groups in total. The summed E-state index contributed by atoms with van der Waals surface area (Å²) in [6, 6.07) is 0.0687. The van der Waals surface area contributed by atoms with Gasteiger partial charge < -0.3 is 4.98 Å². The van der Waals surface area contributed by atoms with Crippen molar-refractivity contribution in [3.63, 3.8) is 0 Å². The van der Waals surface area contributed by atoms with Crippen LogP contribution in [-0.2, 0) is 6.42 Å². The van der Waals surface area contributed by atoms with Gasteiger partial charge in [-0.2, -0.15) is 0 Å². The lowest BCUT2D eigenvalue weighted by Crippen LogP contribution is -2.40. The Hall–Kier alpha value is -0.970. The van der Waals surface area contributed by atoms with Gasteiger partial charge in [0.25, 0.3) is 5.56 Å². The first-order chi connectivity index (χ1) is 8.15. The molecule has 0 aliphatic heterocycles. The molecule has 1 fully saturated rings. The minimum atomic E-state index is -0.316. The molecule has 0 aromatic carbocycles. The lowest BCUT2D eigenvalue weighted by atomic mass is 9.95. The van der Waals surface area contributed by atoms with Gasteiger partial charge in [-0.15, -0.1) is 12.6 Å². The van der Waals surface area contributed by atoms with Gasteiger partial charge in [0.15, 0.2) is 0 Å². The fourth-order valence-electron chi connectivity index (χ4n) is 2.57. The number of hydrogen-bond donors (Lipinski definition) is 2. The van der Waals surface area contributed by atoms with Gasteiger partial charge in [-0.1, -0.05) is 26.2 Å². The molecule has 0 atom stereocenters. The zero-order chi connectivity index (χ0) is 12.4. The third kappa shape index (κ3) is 2.34. The van der Waals surface area contributed by atoms with Gasteiger partial charge >= 0.3 is 5.69 Å². The largest absolute Gasteiger partial charge is 0.329 e. The van der Waals surface area contributed by atoms with Crippen LogP contribution in [0.15, 0.2) is 14.6 Å². The highest BCUT2D eigenvalue weighted by atomic mass is 32.1. The fraction of sp³-hybridized carbons (Fsp3) is 0.667. The summed E-state index contributed by atoms with van der Waals surface area (Å²) in [6.45, 7) is 1.90. The molecule has 0 radical (unpaired) electrons. The van der Waals surface area contributed by atoms with E-state index in [1.165, 1.54) is 11.0 Å². The van der Waals surface area contributed by atoms with Crippen LogP contribution in [0.25, 0.3) is 0 Å². The molecule has 1 heterocycles. The molecular weight excluding hydrogens is 236 g/mol. The van der Waals surface area contributed by atoms with Gasteiger partial charge in [-0.3, -0.25) is 9.36 Å². The molecule has 5 heteroatoms. The Kier molecular flexibility index (Phi) is 3.76. The lowest BCUT2D eigenvalue weighted by molar-refractivity contribution is 0.333. The van der Waals surface area contributed by atoms with Gasteiger partial charge in [0.1, 0.15) is 0 Å². The zero-order valence-electron chi connectivity index (χ0n) is 10.0. The summed E-state index contributed by atoms with van der Waals surface area (Å²) in [6.07, 6.45) is 5.85. The first-order valence-electron chi connectivity index (χ1n) is 6.21. The van der Waals surface area contributed by atoms with Crippen LogP contribution in [0.5, 0.6) is 0 Å². The number of rotatable bonds is 2. The monoisotopic (exact) mass is 254 g/mol. The van der Waals surface area contributed by atoms with Crippen LogP contribution < -0.4 is 11.2 Å². The van der Waals surface area contributed by atoms with Crippen LogP contribution in [-0.4, -0.2) is 9.55 Å². The van der Waals surface area contributed by atoms with E-state index < -0.39 is 0 Å². The van der Waals surface area contributed by atoms with Crippen molar-refractivity contribution in [2.75, 3.05) is 0 Å². The second-order valence-corrected chi connectivity index (χ2v) is 5.03. The van der Waals surface area contributed by atoms with Crippen molar-refractivity contribution < 1.29 is 0 Å². The topological polar surface area (TPSA) is 54.9 Å². The van der Waals surface area contributed by atoms with E-state index >= 15 is 0 Å². The molecule has 1 aliphatic rings. The summed E-state index contributed by atoms with van der Waals surface area (Å²) in [4.78, 5) is 26.8. The number of aromatic amines is 1. The second-order valence-electron chi connectivity index (χ2n) is 4.58. The maximum absolute atomic E-state index is 12.2. The van der Waals surface area contributed by atoms with E-state index in [1.807, 2.05) is 6.92 Å². The van der Waals surface area contributed by atoms with Crippen molar-refractivity contribution >= 4 is 12.6 Å². The number of nitrogens with zero attached hydrogens (tertiary/aromatic N) is 1. The van der Waals surface area contributed by atoms with E-state index in [4.69, 9.17) is 0 Å². The number of hydrogen-bond acceptors (Lipinski definition) is 3. The van der Waals surface area contributed by atoms with E-state index in [1.54, 1.807) is 0 Å². The minimum Gasteiger partial charge on any atom is -0.302 e. The molecule has 17 heavy (non-hydrogen) atoms. The van der Waals surface area contributed by atoms with Crippen LogP contribution in [0.4, 0.5) is 0 Å². The van der Waals surface area contributed by atoms with Gasteiger partial charge in [0, 0.05) is 11.6 Å². The zero-order valence-corrected chi connectivity index (χ0v) is 10.9. The normalized spacial score (nSPS) is 17.3. The molecule has 1 saturated carbocycles. The van der Waals surface area contributed by atoms with Crippen LogP contribution in [0.1, 0.15) is 50.6 Å². The molecule has 1 aliphatic carbocycles. The molecular formula is C12H18N2O2S. The van der Waals surface area contributed by atoms with Crippen molar-refractivity contribution in [2.24, 2.45) is 0 Å². The van der Waals surface area contributed by atoms with Gasteiger partial charge in [-0.25, -0.2) is 4.79 Å². The Bertz CT molecular complexity index is 512. The SMILES string of the molecule is CCc1c(S)[nH]c(=O)n(C2CCCCC2)c1=O. The molecule has 1 aromatic rings. The molecule has 0 spiro atoms. The minimum absolute atomic E-state index is 0.0687. The van der Waals surface area contributed by atoms with Crippen LogP contribution in [0.3, 0.4) is 0 Å². The third-order valence-corrected chi connectivity index (χ3v) is 3.88. The van der Waals surface area contributed by atoms with Gasteiger partial charge in [0.2, 0.25) is 0 Å². The van der Waals surface area contributed by atoms with Crippen molar-refractivity contribution in [1.82, 2.24) is 9.55 Å². The highest BCUT2D eigenvalue weighted by molar-refractivity contribution is 7.80. The van der Waals surface area contributed by atoms with Gasteiger partial charge in [-0.05, 0) is 19.3 Å². The van der Waals surface area contributed by atoms with E-state index in [2.05, 4.69) is 17.6 Å². The molecule has 1 aromatic heterocycles. The maximum Gasteiger partial charge on any atom is 0.329 e. The van der Waals surface area contributed by atoms with Crippen molar-refractivity contribution in [2.45, 2.75) is 56.5 Å². The van der Waals surface area contributed by atoms with E-state index in [9.17, 15) is 9.59 Å². The molecule has 0 bridgehead atoms. The maximum atomic E-state index is 12.2. The van der Waals surface area contributed by atoms with Crippen LogP contribution in [0.2, 0.25) is 0 Å². The Morgan fingerprint density at radius 3 is 2.53 bits per heavy atom. The molecule has 4 nitrogen and oxygen atoms in total. The average molecular weight is 254 g/mol. The summed E-state index contributed by atoms with van der Waals surface area (Å²) in [5, 5.41) is 0.412. The van der Waals surface area contributed by atoms with E-state index in [0.717, 1.165) is 25.7 Å². The summed E-state index contributed by atoms with van der Waals surface area (Å²) >= 11 is 4.16. The van der Waals surface area contributed by atoms with Gasteiger partial charge in [0.05, 0.1) is 5.03 Å². The Morgan fingerprint density at radius 2 is 1.94 bits per heavy atom. The van der Waals surface area contributed by atoms with E-state index in [-0.39, 0.29) is 17.3 Å². The first-order valence-corrected chi connectivity index (χ1v) is 6.66. The lowest BCUT2D eigenvalue weighted by Gasteiger charge is -2.23. The Morgan fingerprint density at radius 1 is 1.29 bits per heavy atom. The molecule has 2 rings (SSSR count). The summed E-state index contributed by atoms with van der Waals surface area (Å²) in [5.41, 5.74) is 0.135. The fourth-order valence-corrected chi connectivity index (χ4v) is 2.91. The standard InChI is InChI=1S/C12H18N2O2S/c1-2-9-10(17)13-12(16)14(11(9)15)8-6-4-3-5-7-8/h8,17H,2-7H2,1H3,(H,13,16).